The highest BCUT2D eigenvalue weighted by atomic mass is 16.7. The molecule has 5 heteroatoms. The van der Waals surface area contributed by atoms with E-state index in [2.05, 4.69) is 4.84 Å². The molecule has 0 atom stereocenters. The summed E-state index contributed by atoms with van der Waals surface area (Å²) in [5, 5.41) is 9.78. The Balaban J connectivity index is 2.49. The smallest absolute Gasteiger partial charge is 0.345 e. The van der Waals surface area contributed by atoms with Crippen LogP contribution in [0, 0.1) is 0 Å². The molecule has 0 spiro atoms. The summed E-state index contributed by atoms with van der Waals surface area (Å²) in [7, 11) is 1.43. The summed E-state index contributed by atoms with van der Waals surface area (Å²) < 4.78 is 0. The summed E-state index contributed by atoms with van der Waals surface area (Å²) in [6.07, 6.45) is 0. The van der Waals surface area contributed by atoms with Gasteiger partial charge in [0.2, 0.25) is 0 Å². The Morgan fingerprint density at radius 1 is 1.70 bits per heavy atom. The predicted octanol–water partition coefficient (Wildman–Crippen LogP) is -0.765. The van der Waals surface area contributed by atoms with Gasteiger partial charge in [-0.25, -0.2) is 9.86 Å². The maximum Gasteiger partial charge on any atom is 0.345 e. The molecule has 0 aliphatic carbocycles. The van der Waals surface area contributed by atoms with Crippen molar-refractivity contribution in [2.75, 3.05) is 26.9 Å². The molecule has 0 aromatic heterocycles. The summed E-state index contributed by atoms with van der Waals surface area (Å²) in [6.45, 7) is 0.817. The number of hydrogen-bond acceptors (Lipinski definition) is 3. The fourth-order valence-electron chi connectivity index (χ4n) is 0.861. The molecule has 1 fully saturated rings. The lowest BCUT2D eigenvalue weighted by Crippen LogP contribution is -2.31. The van der Waals surface area contributed by atoms with Crippen molar-refractivity contribution in [3.8, 4) is 0 Å². The Kier molecular flexibility index (Phi) is 2.08. The number of rotatable bonds is 2. The van der Waals surface area contributed by atoms with Crippen LogP contribution in [-0.2, 0) is 4.84 Å². The molecule has 1 saturated heterocycles. The molecule has 0 saturated carbocycles. The van der Waals surface area contributed by atoms with Crippen molar-refractivity contribution in [3.05, 3.63) is 0 Å². The van der Waals surface area contributed by atoms with E-state index in [1.54, 1.807) is 0 Å². The normalized spacial score (nSPS) is 18.8. The zero-order valence-electron chi connectivity index (χ0n) is 5.78. The van der Waals surface area contributed by atoms with E-state index in [1.807, 2.05) is 0 Å². The fraction of sp³-hybridized carbons (Fsp3) is 0.800. The van der Waals surface area contributed by atoms with Gasteiger partial charge in [0, 0.05) is 6.54 Å². The number of hydrogen-bond donors (Lipinski definition) is 1. The van der Waals surface area contributed by atoms with Crippen LogP contribution < -0.4 is 0 Å². The first-order chi connectivity index (χ1) is 4.79. The van der Waals surface area contributed by atoms with Gasteiger partial charge < -0.3 is 5.11 Å². The van der Waals surface area contributed by atoms with Gasteiger partial charge in [0.15, 0.2) is 0 Å². The standard InChI is InChI=1S/C5H10N2O3/c1-10-7-3-2-6(4-8)5(7)9/h8H,2-4H2,1H3. The Bertz CT molecular complexity index is 125. The van der Waals surface area contributed by atoms with Crippen molar-refractivity contribution < 1.29 is 14.7 Å². The first-order valence-corrected chi connectivity index (χ1v) is 3.01. The van der Waals surface area contributed by atoms with E-state index in [0.29, 0.717) is 13.1 Å². The number of aliphatic hydroxyl groups excluding tert-OH is 1. The zero-order chi connectivity index (χ0) is 7.56. The SMILES string of the molecule is CON1CCN(CO)C1=O. The minimum Gasteiger partial charge on any atom is -0.376 e. The fourth-order valence-corrected chi connectivity index (χ4v) is 0.861. The van der Waals surface area contributed by atoms with E-state index >= 15 is 0 Å². The summed E-state index contributed by atoms with van der Waals surface area (Å²) in [5.41, 5.74) is 0. The number of hydroxylamine groups is 2. The van der Waals surface area contributed by atoms with Crippen molar-refractivity contribution in [1.82, 2.24) is 9.96 Å². The zero-order valence-corrected chi connectivity index (χ0v) is 5.78. The van der Waals surface area contributed by atoms with Gasteiger partial charge in [-0.3, -0.25) is 9.74 Å². The molecule has 10 heavy (non-hydrogen) atoms. The molecular weight excluding hydrogens is 136 g/mol. The first kappa shape index (κ1) is 7.30. The molecule has 5 nitrogen and oxygen atoms in total. The van der Waals surface area contributed by atoms with Crippen molar-refractivity contribution >= 4 is 6.03 Å². The average molecular weight is 146 g/mol. The van der Waals surface area contributed by atoms with Gasteiger partial charge in [0.1, 0.15) is 6.73 Å². The topological polar surface area (TPSA) is 53.0 Å². The second kappa shape index (κ2) is 2.85. The van der Waals surface area contributed by atoms with Crippen LogP contribution in [0.15, 0.2) is 0 Å². The molecular formula is C5H10N2O3. The van der Waals surface area contributed by atoms with Crippen LogP contribution in [0.4, 0.5) is 4.79 Å². The quantitative estimate of drug-likeness (QED) is 0.557. The van der Waals surface area contributed by atoms with E-state index in [0.717, 1.165) is 0 Å². The Labute approximate surface area is 58.7 Å². The predicted molar refractivity (Wildman–Crippen MR) is 32.9 cm³/mol. The average Bonchev–Trinajstić information content (AvgIpc) is 2.30. The monoisotopic (exact) mass is 146 g/mol. The molecule has 0 radical (unpaired) electrons. The van der Waals surface area contributed by atoms with Crippen LogP contribution in [-0.4, -0.2) is 48.0 Å². The Morgan fingerprint density at radius 3 is 2.70 bits per heavy atom. The van der Waals surface area contributed by atoms with Crippen molar-refractivity contribution in [1.29, 1.82) is 0 Å². The van der Waals surface area contributed by atoms with E-state index in [-0.39, 0.29) is 12.8 Å². The van der Waals surface area contributed by atoms with Crippen LogP contribution in [0.3, 0.4) is 0 Å². The lowest BCUT2D eigenvalue weighted by molar-refractivity contribution is -0.0733. The minimum absolute atomic E-state index is 0.237. The number of carbonyl (C=O) groups is 1. The lowest BCUT2D eigenvalue weighted by Gasteiger charge is -2.13. The summed E-state index contributed by atoms with van der Waals surface area (Å²) in [4.78, 5) is 16.9. The molecule has 1 rings (SSSR count). The van der Waals surface area contributed by atoms with E-state index in [9.17, 15) is 4.79 Å². The molecule has 0 bridgehead atoms. The van der Waals surface area contributed by atoms with E-state index < -0.39 is 0 Å². The van der Waals surface area contributed by atoms with Gasteiger partial charge in [0.05, 0.1) is 13.7 Å². The highest BCUT2D eigenvalue weighted by Gasteiger charge is 2.27. The highest BCUT2D eigenvalue weighted by molar-refractivity contribution is 5.75. The maximum atomic E-state index is 10.9. The van der Waals surface area contributed by atoms with Crippen LogP contribution >= 0.6 is 0 Å². The Hall–Kier alpha value is -0.810. The van der Waals surface area contributed by atoms with Gasteiger partial charge >= 0.3 is 6.03 Å². The van der Waals surface area contributed by atoms with Crippen LogP contribution in [0.1, 0.15) is 0 Å². The summed E-state index contributed by atoms with van der Waals surface area (Å²) in [5.74, 6) is 0. The number of amides is 2. The Morgan fingerprint density at radius 2 is 2.40 bits per heavy atom. The van der Waals surface area contributed by atoms with Gasteiger partial charge in [-0.2, -0.15) is 0 Å². The third-order valence-electron chi connectivity index (χ3n) is 1.45. The van der Waals surface area contributed by atoms with Gasteiger partial charge in [-0.05, 0) is 0 Å². The number of nitrogens with zero attached hydrogens (tertiary/aromatic N) is 2. The molecule has 0 aromatic rings. The van der Waals surface area contributed by atoms with Crippen LogP contribution in [0.2, 0.25) is 0 Å². The molecule has 0 unspecified atom stereocenters. The molecule has 1 heterocycles. The molecule has 0 aromatic carbocycles. The number of carbonyl (C=O) groups excluding carboxylic acids is 1. The lowest BCUT2D eigenvalue weighted by atomic mass is 10.6. The second-order valence-corrected chi connectivity index (χ2v) is 1.97. The highest BCUT2D eigenvalue weighted by Crippen LogP contribution is 2.05. The van der Waals surface area contributed by atoms with E-state index in [1.165, 1.54) is 17.1 Å². The molecule has 1 N–H and O–H groups in total. The third kappa shape index (κ3) is 1.05. The van der Waals surface area contributed by atoms with Gasteiger partial charge in [-0.15, -0.1) is 0 Å². The van der Waals surface area contributed by atoms with Crippen LogP contribution in [0.5, 0.6) is 0 Å². The molecule has 2 amide bonds. The van der Waals surface area contributed by atoms with Crippen LogP contribution in [0.25, 0.3) is 0 Å². The van der Waals surface area contributed by atoms with Gasteiger partial charge in [-0.1, -0.05) is 0 Å². The number of aliphatic hydroxyl groups is 1. The minimum atomic E-state index is -0.273. The van der Waals surface area contributed by atoms with Crippen molar-refractivity contribution in [2.45, 2.75) is 0 Å². The largest absolute Gasteiger partial charge is 0.376 e. The molecule has 58 valence electrons. The van der Waals surface area contributed by atoms with Gasteiger partial charge in [0.25, 0.3) is 0 Å². The summed E-state index contributed by atoms with van der Waals surface area (Å²) in [6, 6.07) is -0.273. The van der Waals surface area contributed by atoms with Crippen molar-refractivity contribution in [2.24, 2.45) is 0 Å². The maximum absolute atomic E-state index is 10.9. The van der Waals surface area contributed by atoms with Crippen molar-refractivity contribution in [3.63, 3.8) is 0 Å². The molecule has 1 aliphatic rings. The molecule has 1 aliphatic heterocycles. The summed E-state index contributed by atoms with van der Waals surface area (Å²) >= 11 is 0. The van der Waals surface area contributed by atoms with E-state index in [4.69, 9.17) is 5.11 Å². The first-order valence-electron chi connectivity index (χ1n) is 3.01. The number of urea groups is 1. The second-order valence-electron chi connectivity index (χ2n) is 1.97. The third-order valence-corrected chi connectivity index (χ3v) is 1.45.